The summed E-state index contributed by atoms with van der Waals surface area (Å²) in [6, 6.07) is 11.5. The standard InChI is InChI=1S/C22H23F4N5O3S/c23-19(24)21-29-28-20(34-21)16-7-8-17(27-13-16)14-31(18-5-2-1-3-6-18)35(32,33)12-4-10-30-11-9-22(25,26)15-30/h1-3,5-8,13,19H,4,9-12,14-15H2. The minimum absolute atomic E-state index is 0.0828. The lowest BCUT2D eigenvalue weighted by atomic mass is 10.2. The Morgan fingerprint density at radius 3 is 2.49 bits per heavy atom. The molecule has 0 unspecified atom stereocenters. The molecule has 0 N–H and O–H groups in total. The molecule has 35 heavy (non-hydrogen) atoms. The highest BCUT2D eigenvalue weighted by Crippen LogP contribution is 2.27. The van der Waals surface area contributed by atoms with Crippen molar-refractivity contribution in [3.63, 3.8) is 0 Å². The van der Waals surface area contributed by atoms with E-state index in [-0.39, 0.29) is 50.7 Å². The number of rotatable bonds is 10. The molecule has 4 rings (SSSR count). The second-order valence-electron chi connectivity index (χ2n) is 8.18. The maximum Gasteiger partial charge on any atom is 0.314 e. The zero-order valence-corrected chi connectivity index (χ0v) is 19.3. The van der Waals surface area contributed by atoms with E-state index in [2.05, 4.69) is 15.2 Å². The first-order chi connectivity index (χ1) is 16.6. The van der Waals surface area contributed by atoms with Crippen LogP contribution in [0.3, 0.4) is 0 Å². The Hall–Kier alpha value is -3.06. The Labute approximate surface area is 199 Å². The summed E-state index contributed by atoms with van der Waals surface area (Å²) < 4.78 is 84.7. The Balaban J connectivity index is 1.46. The van der Waals surface area contributed by atoms with Crippen LogP contribution in [0.1, 0.15) is 30.9 Å². The third kappa shape index (κ3) is 6.34. The summed E-state index contributed by atoms with van der Waals surface area (Å²) in [6.07, 6.45) is -1.57. The van der Waals surface area contributed by atoms with Gasteiger partial charge in [-0.05, 0) is 37.2 Å². The van der Waals surface area contributed by atoms with Gasteiger partial charge in [0.05, 0.1) is 35.8 Å². The Kier molecular flexibility index (Phi) is 7.36. The first-order valence-electron chi connectivity index (χ1n) is 10.9. The summed E-state index contributed by atoms with van der Waals surface area (Å²) in [6.45, 7) is 0.0604. The van der Waals surface area contributed by atoms with Crippen molar-refractivity contribution in [2.45, 2.75) is 31.7 Å². The van der Waals surface area contributed by atoms with Crippen molar-refractivity contribution in [1.29, 1.82) is 0 Å². The van der Waals surface area contributed by atoms with Crippen molar-refractivity contribution in [1.82, 2.24) is 20.1 Å². The number of likely N-dealkylation sites (tertiary alicyclic amines) is 1. The summed E-state index contributed by atoms with van der Waals surface area (Å²) in [4.78, 5) is 5.80. The minimum atomic E-state index is -3.81. The molecule has 8 nitrogen and oxygen atoms in total. The largest absolute Gasteiger partial charge is 0.415 e. The van der Waals surface area contributed by atoms with Gasteiger partial charge in [-0.15, -0.1) is 10.2 Å². The van der Waals surface area contributed by atoms with Crippen LogP contribution in [0.25, 0.3) is 11.5 Å². The Morgan fingerprint density at radius 2 is 1.89 bits per heavy atom. The zero-order valence-electron chi connectivity index (χ0n) is 18.5. The molecule has 1 aliphatic rings. The first kappa shape index (κ1) is 25.0. The molecule has 0 amide bonds. The zero-order chi connectivity index (χ0) is 25.1. The van der Waals surface area contributed by atoms with Crippen molar-refractivity contribution in [3.8, 4) is 11.5 Å². The number of halogens is 4. The normalized spacial score (nSPS) is 16.1. The van der Waals surface area contributed by atoms with Crippen LogP contribution in [0.4, 0.5) is 23.2 Å². The van der Waals surface area contributed by atoms with E-state index >= 15 is 0 Å². The number of alkyl halides is 4. The molecule has 3 heterocycles. The number of nitrogens with zero attached hydrogens (tertiary/aromatic N) is 5. The van der Waals surface area contributed by atoms with Crippen molar-refractivity contribution in [3.05, 3.63) is 60.2 Å². The number of benzene rings is 1. The average Bonchev–Trinajstić information content (AvgIpc) is 3.45. The molecule has 13 heteroatoms. The van der Waals surface area contributed by atoms with Crippen LogP contribution in [0.15, 0.2) is 53.1 Å². The Bertz CT molecular complexity index is 1220. The maximum absolute atomic E-state index is 13.4. The van der Waals surface area contributed by atoms with E-state index in [1.54, 1.807) is 41.3 Å². The van der Waals surface area contributed by atoms with E-state index in [1.165, 1.54) is 16.6 Å². The lowest BCUT2D eigenvalue weighted by Gasteiger charge is -2.25. The lowest BCUT2D eigenvalue weighted by molar-refractivity contribution is 0.0123. The van der Waals surface area contributed by atoms with Gasteiger partial charge >= 0.3 is 6.43 Å². The van der Waals surface area contributed by atoms with Gasteiger partial charge in [0.25, 0.3) is 11.8 Å². The van der Waals surface area contributed by atoms with E-state index < -0.39 is 28.3 Å². The molecule has 0 atom stereocenters. The molecule has 1 aromatic carbocycles. The maximum atomic E-state index is 13.4. The van der Waals surface area contributed by atoms with Crippen molar-refractivity contribution in [2.75, 3.05) is 29.7 Å². The van der Waals surface area contributed by atoms with E-state index in [9.17, 15) is 26.0 Å². The predicted molar refractivity (Wildman–Crippen MR) is 120 cm³/mol. The van der Waals surface area contributed by atoms with Gasteiger partial charge < -0.3 is 4.42 Å². The highest BCUT2D eigenvalue weighted by atomic mass is 32.2. The molecular weight excluding hydrogens is 490 g/mol. The van der Waals surface area contributed by atoms with Gasteiger partial charge in [0.15, 0.2) is 0 Å². The second-order valence-corrected chi connectivity index (χ2v) is 10.2. The highest BCUT2D eigenvalue weighted by Gasteiger charge is 2.38. The Morgan fingerprint density at radius 1 is 1.11 bits per heavy atom. The molecule has 0 aliphatic carbocycles. The highest BCUT2D eigenvalue weighted by molar-refractivity contribution is 7.92. The summed E-state index contributed by atoms with van der Waals surface area (Å²) >= 11 is 0. The molecule has 1 aliphatic heterocycles. The van der Waals surface area contributed by atoms with Crippen molar-refractivity contribution < 1.29 is 30.4 Å². The molecule has 0 bridgehead atoms. The van der Waals surface area contributed by atoms with Gasteiger partial charge in [-0.25, -0.2) is 17.2 Å². The molecule has 1 saturated heterocycles. The van der Waals surface area contributed by atoms with Gasteiger partial charge in [-0.2, -0.15) is 8.78 Å². The van der Waals surface area contributed by atoms with Crippen molar-refractivity contribution >= 4 is 15.7 Å². The molecule has 0 radical (unpaired) electrons. The molecule has 2 aromatic heterocycles. The monoisotopic (exact) mass is 513 g/mol. The van der Waals surface area contributed by atoms with Crippen LogP contribution >= 0.6 is 0 Å². The molecular formula is C22H23F4N5O3S. The summed E-state index contributed by atoms with van der Waals surface area (Å²) in [5.41, 5.74) is 1.14. The van der Waals surface area contributed by atoms with Gasteiger partial charge in [-0.3, -0.25) is 14.2 Å². The number of aromatic nitrogens is 3. The molecule has 0 spiro atoms. The van der Waals surface area contributed by atoms with E-state index in [0.29, 0.717) is 16.9 Å². The average molecular weight is 514 g/mol. The lowest BCUT2D eigenvalue weighted by Crippen LogP contribution is -2.34. The van der Waals surface area contributed by atoms with Crippen LogP contribution < -0.4 is 4.31 Å². The predicted octanol–water partition coefficient (Wildman–Crippen LogP) is 4.14. The van der Waals surface area contributed by atoms with E-state index in [0.717, 1.165) is 0 Å². The van der Waals surface area contributed by atoms with Crippen LogP contribution in [0, 0.1) is 0 Å². The van der Waals surface area contributed by atoms with Crippen LogP contribution in [-0.4, -0.2) is 59.8 Å². The number of sulfonamides is 1. The second kappa shape index (κ2) is 10.3. The fourth-order valence-electron chi connectivity index (χ4n) is 3.75. The number of anilines is 1. The van der Waals surface area contributed by atoms with Gasteiger partial charge in [-0.1, -0.05) is 18.2 Å². The van der Waals surface area contributed by atoms with Crippen molar-refractivity contribution in [2.24, 2.45) is 0 Å². The van der Waals surface area contributed by atoms with E-state index in [4.69, 9.17) is 4.42 Å². The van der Waals surface area contributed by atoms with Gasteiger partial charge in [0.1, 0.15) is 0 Å². The fraction of sp³-hybridized carbons (Fsp3) is 0.409. The molecule has 3 aromatic rings. The molecule has 0 saturated carbocycles. The molecule has 1 fully saturated rings. The van der Waals surface area contributed by atoms with Crippen LogP contribution in [0.2, 0.25) is 0 Å². The minimum Gasteiger partial charge on any atom is -0.415 e. The first-order valence-corrected chi connectivity index (χ1v) is 12.5. The smallest absolute Gasteiger partial charge is 0.314 e. The fourth-order valence-corrected chi connectivity index (χ4v) is 5.24. The van der Waals surface area contributed by atoms with E-state index in [1.807, 2.05) is 0 Å². The van der Waals surface area contributed by atoms with Gasteiger partial charge in [0.2, 0.25) is 15.9 Å². The quantitative estimate of drug-likeness (QED) is 0.376. The third-order valence-electron chi connectivity index (χ3n) is 5.51. The molecule has 188 valence electrons. The SMILES string of the molecule is O=S(=O)(CCCN1CCC(F)(F)C1)N(Cc1ccc(-c2nnc(C(F)F)o2)cn1)c1ccccc1. The van der Waals surface area contributed by atoms with Gasteiger partial charge in [0, 0.05) is 19.2 Å². The number of para-hydroxylation sites is 1. The summed E-state index contributed by atoms with van der Waals surface area (Å²) in [5, 5.41) is 6.84. The van der Waals surface area contributed by atoms with Crippen LogP contribution in [0.5, 0.6) is 0 Å². The summed E-state index contributed by atoms with van der Waals surface area (Å²) in [7, 11) is -3.81. The summed E-state index contributed by atoms with van der Waals surface area (Å²) in [5.74, 6) is -3.88. The third-order valence-corrected chi connectivity index (χ3v) is 7.33. The van der Waals surface area contributed by atoms with Crippen LogP contribution in [-0.2, 0) is 16.6 Å². The number of hydrogen-bond donors (Lipinski definition) is 0. The number of hydrogen-bond acceptors (Lipinski definition) is 7. The topological polar surface area (TPSA) is 92.4 Å². The number of pyridine rings is 1.